The Hall–Kier alpha value is -2.99. The van der Waals surface area contributed by atoms with Gasteiger partial charge in [0.25, 0.3) is 11.8 Å². The normalized spacial score (nSPS) is 15.0. The molecule has 0 bridgehead atoms. The second-order valence-corrected chi connectivity index (χ2v) is 5.84. The lowest BCUT2D eigenvalue weighted by atomic mass is 10.1. The number of fused-ring (bicyclic) bond motifs is 1. The van der Waals surface area contributed by atoms with Crippen molar-refractivity contribution in [2.45, 2.75) is 40.7 Å². The van der Waals surface area contributed by atoms with E-state index >= 15 is 0 Å². The van der Waals surface area contributed by atoms with Crippen molar-refractivity contribution in [3.8, 4) is 0 Å². The summed E-state index contributed by atoms with van der Waals surface area (Å²) in [5, 5.41) is 7.26. The summed E-state index contributed by atoms with van der Waals surface area (Å²) in [5.41, 5.74) is 5.58. The summed E-state index contributed by atoms with van der Waals surface area (Å²) in [6.45, 7) is 8.34. The van der Waals surface area contributed by atoms with Crippen LogP contribution in [-0.4, -0.2) is 28.3 Å². The lowest BCUT2D eigenvalue weighted by Crippen LogP contribution is -2.29. The third-order valence-corrected chi connectivity index (χ3v) is 3.92. The van der Waals surface area contributed by atoms with Crippen molar-refractivity contribution in [3.05, 3.63) is 70.3 Å². The van der Waals surface area contributed by atoms with E-state index in [4.69, 9.17) is 10.0 Å². The fourth-order valence-electron chi connectivity index (χ4n) is 2.55. The van der Waals surface area contributed by atoms with E-state index in [1.54, 1.807) is 6.08 Å². The van der Waals surface area contributed by atoms with Crippen LogP contribution in [0.3, 0.4) is 0 Å². The summed E-state index contributed by atoms with van der Waals surface area (Å²) in [7, 11) is 0. The number of likely N-dealkylation sites (tertiary alicyclic amines) is 1. The summed E-state index contributed by atoms with van der Waals surface area (Å²) in [5.74, 6) is -0.382. The Morgan fingerprint density at radius 2 is 1.59 bits per heavy atom. The molecule has 2 aliphatic rings. The van der Waals surface area contributed by atoms with Crippen LogP contribution in [-0.2, 0) is 20.9 Å². The summed E-state index contributed by atoms with van der Waals surface area (Å²) in [6, 6.07) is 7.89. The molecule has 6 heteroatoms. The molecule has 3 amide bonds. The number of hydrogen-bond donors (Lipinski definition) is 2. The number of allylic oxidation sites excluding steroid dienone is 4. The van der Waals surface area contributed by atoms with E-state index in [1.807, 2.05) is 64.1 Å². The average molecular weight is 370 g/mol. The monoisotopic (exact) mass is 370 g/mol. The molecule has 1 heterocycles. The molecule has 0 spiro atoms. The first-order valence-corrected chi connectivity index (χ1v) is 8.81. The quantitative estimate of drug-likeness (QED) is 0.370. The third-order valence-electron chi connectivity index (χ3n) is 3.92. The van der Waals surface area contributed by atoms with Crippen LogP contribution in [0.15, 0.2) is 59.2 Å². The smallest absolute Gasteiger partial charge is 0.261 e. The molecule has 1 saturated heterocycles. The first kappa shape index (κ1) is 22.1. The highest BCUT2D eigenvalue weighted by atomic mass is 16.5. The van der Waals surface area contributed by atoms with Gasteiger partial charge in [-0.25, -0.2) is 5.48 Å². The molecule has 0 atom stereocenters. The fourth-order valence-corrected chi connectivity index (χ4v) is 2.55. The predicted molar refractivity (Wildman–Crippen MR) is 104 cm³/mol. The van der Waals surface area contributed by atoms with E-state index in [0.29, 0.717) is 24.1 Å². The van der Waals surface area contributed by atoms with Gasteiger partial charge < -0.3 is 0 Å². The molecule has 1 aliphatic carbocycles. The second kappa shape index (κ2) is 10.9. The number of benzene rings is 1. The topological polar surface area (TPSA) is 86.7 Å². The van der Waals surface area contributed by atoms with E-state index < -0.39 is 0 Å². The van der Waals surface area contributed by atoms with Crippen molar-refractivity contribution in [3.63, 3.8) is 0 Å². The van der Waals surface area contributed by atoms with Gasteiger partial charge in [-0.3, -0.25) is 24.5 Å². The van der Waals surface area contributed by atoms with Gasteiger partial charge >= 0.3 is 0 Å². The van der Waals surface area contributed by atoms with E-state index in [-0.39, 0.29) is 18.2 Å². The van der Waals surface area contributed by atoms with Gasteiger partial charge in [0.15, 0.2) is 0 Å². The van der Waals surface area contributed by atoms with Crippen LogP contribution in [0.25, 0.3) is 0 Å². The van der Waals surface area contributed by atoms with E-state index in [2.05, 4.69) is 0 Å². The van der Waals surface area contributed by atoms with Crippen LogP contribution in [0, 0.1) is 6.92 Å². The Kier molecular flexibility index (Phi) is 8.89. The van der Waals surface area contributed by atoms with Crippen molar-refractivity contribution in [2.75, 3.05) is 0 Å². The molecule has 0 aromatic heterocycles. The maximum absolute atomic E-state index is 12.5. The minimum Gasteiger partial charge on any atom is -0.289 e. The summed E-state index contributed by atoms with van der Waals surface area (Å²) in [4.78, 5) is 35.0. The van der Waals surface area contributed by atoms with Crippen molar-refractivity contribution in [1.29, 1.82) is 0 Å². The molecule has 0 saturated carbocycles. The Labute approximate surface area is 159 Å². The molecule has 27 heavy (non-hydrogen) atoms. The number of carbonyl (C=O) groups excluding carboxylic acids is 3. The maximum Gasteiger partial charge on any atom is 0.261 e. The fraction of sp³-hybridized carbons (Fsp3) is 0.286. The minimum absolute atomic E-state index is 0.181. The van der Waals surface area contributed by atoms with Crippen molar-refractivity contribution in [1.82, 2.24) is 10.4 Å². The van der Waals surface area contributed by atoms with Crippen LogP contribution >= 0.6 is 0 Å². The van der Waals surface area contributed by atoms with Crippen molar-refractivity contribution >= 4 is 18.2 Å². The Bertz CT molecular complexity index is 774. The molecule has 2 N–H and O–H groups in total. The molecule has 1 fully saturated rings. The zero-order valence-electron chi connectivity index (χ0n) is 16.2. The van der Waals surface area contributed by atoms with Gasteiger partial charge in [0.2, 0.25) is 6.41 Å². The molecule has 0 radical (unpaired) electrons. The van der Waals surface area contributed by atoms with Gasteiger partial charge in [0.1, 0.15) is 0 Å². The molecule has 1 aromatic carbocycles. The predicted octanol–water partition coefficient (Wildman–Crippen LogP) is 3.21. The Morgan fingerprint density at radius 1 is 1.04 bits per heavy atom. The van der Waals surface area contributed by atoms with Crippen LogP contribution in [0.4, 0.5) is 0 Å². The van der Waals surface area contributed by atoms with E-state index in [0.717, 1.165) is 16.7 Å². The minimum atomic E-state index is -0.197. The molecule has 0 unspecified atom stereocenters. The molecule has 3 rings (SSSR count). The maximum atomic E-state index is 12.5. The number of hydroxylamine groups is 1. The third kappa shape index (κ3) is 5.76. The van der Waals surface area contributed by atoms with Crippen LogP contribution < -0.4 is 5.48 Å². The van der Waals surface area contributed by atoms with Crippen LogP contribution in [0.1, 0.15) is 38.3 Å². The Morgan fingerprint density at radius 3 is 2.15 bits per heavy atom. The molecular formula is C21H26N2O4. The van der Waals surface area contributed by atoms with E-state index in [1.165, 1.54) is 10.4 Å². The van der Waals surface area contributed by atoms with Crippen LogP contribution in [0.2, 0.25) is 0 Å². The number of aryl methyl sites for hydroxylation is 1. The first-order valence-electron chi connectivity index (χ1n) is 8.81. The standard InChI is InChI=1S/C18H17NO2.C2H6.CH3NO2/c1-12-3-7-14(8-4-12)11-19-17(20)15-9-5-13(2)6-10-16(15)18(19)21;1-2;3-1-2-4/h3-5,7-10H,6,11H2,1-2H3;1-2H3;1,4H,(H,2,3). The van der Waals surface area contributed by atoms with Crippen molar-refractivity contribution < 1.29 is 19.6 Å². The highest BCUT2D eigenvalue weighted by molar-refractivity contribution is 6.24. The van der Waals surface area contributed by atoms with Gasteiger partial charge in [-0.05, 0) is 31.9 Å². The number of carbonyl (C=O) groups is 3. The summed E-state index contributed by atoms with van der Waals surface area (Å²) < 4.78 is 0. The molecule has 1 aliphatic heterocycles. The highest BCUT2D eigenvalue weighted by Gasteiger charge is 2.38. The number of rotatable bonds is 3. The number of imide groups is 1. The molecule has 144 valence electrons. The van der Waals surface area contributed by atoms with Gasteiger partial charge in [-0.2, -0.15) is 0 Å². The molecule has 1 aromatic rings. The summed E-state index contributed by atoms with van der Waals surface area (Å²) in [6.07, 6.45) is 6.44. The van der Waals surface area contributed by atoms with Gasteiger partial charge in [-0.15, -0.1) is 0 Å². The van der Waals surface area contributed by atoms with Crippen molar-refractivity contribution in [2.24, 2.45) is 0 Å². The van der Waals surface area contributed by atoms with Gasteiger partial charge in [0, 0.05) is 5.57 Å². The number of hydrogen-bond acceptors (Lipinski definition) is 4. The SMILES string of the molecule is CC.CC1=CC=C2C(=O)N(Cc3ccc(C)cc3)C(=O)C2=CC1.O=CNO. The zero-order valence-corrected chi connectivity index (χ0v) is 16.2. The van der Waals surface area contributed by atoms with Gasteiger partial charge in [0.05, 0.1) is 12.1 Å². The summed E-state index contributed by atoms with van der Waals surface area (Å²) >= 11 is 0. The lowest BCUT2D eigenvalue weighted by Gasteiger charge is -2.13. The zero-order chi connectivity index (χ0) is 20.4. The lowest BCUT2D eigenvalue weighted by molar-refractivity contribution is -0.137. The average Bonchev–Trinajstić information content (AvgIpc) is 2.82. The van der Waals surface area contributed by atoms with Crippen LogP contribution in [0.5, 0.6) is 0 Å². The van der Waals surface area contributed by atoms with Gasteiger partial charge in [-0.1, -0.05) is 61.4 Å². The van der Waals surface area contributed by atoms with E-state index in [9.17, 15) is 9.59 Å². The highest BCUT2D eigenvalue weighted by Crippen LogP contribution is 2.29. The molecule has 6 nitrogen and oxygen atoms in total. The largest absolute Gasteiger partial charge is 0.289 e. The second-order valence-electron chi connectivity index (χ2n) is 5.84. The Balaban J connectivity index is 0.000000541. The number of amides is 3. The first-order chi connectivity index (χ1) is 13.0. The molecular weight excluding hydrogens is 344 g/mol. The number of nitrogens with zero attached hydrogens (tertiary/aromatic N) is 1. The number of nitrogens with one attached hydrogen (secondary N) is 1.